The number of hydrogen-bond acceptors (Lipinski definition) is 5. The molecule has 2 rings (SSSR count). The Morgan fingerprint density at radius 2 is 1.25 bits per heavy atom. The average molecular weight is 451 g/mol. The molecule has 0 aliphatic carbocycles. The third kappa shape index (κ3) is 3.66. The minimum Gasteiger partial charge on any atom is -0.376 e. The molecule has 2 aromatic rings. The van der Waals surface area contributed by atoms with Crippen LogP contribution in [0.15, 0.2) is 29.2 Å². The highest BCUT2D eigenvalue weighted by molar-refractivity contribution is 7.87. The van der Waals surface area contributed by atoms with Crippen LogP contribution in [0.3, 0.4) is 0 Å². The fourth-order valence-electron chi connectivity index (χ4n) is 1.55. The fraction of sp³-hybridized carbons (Fsp3) is 0. The van der Waals surface area contributed by atoms with Gasteiger partial charge in [0.1, 0.15) is 14.9 Å². The number of non-ortho nitro benzene ring substituents is 1. The van der Waals surface area contributed by atoms with Crippen molar-refractivity contribution in [3.05, 3.63) is 59.5 Å². The molecule has 0 N–H and O–H groups in total. The van der Waals surface area contributed by atoms with Gasteiger partial charge in [-0.25, -0.2) is 0 Å². The lowest BCUT2D eigenvalue weighted by Gasteiger charge is -2.13. The van der Waals surface area contributed by atoms with Crippen molar-refractivity contribution in [2.75, 3.05) is 0 Å². The molecule has 0 heterocycles. The van der Waals surface area contributed by atoms with Crippen LogP contribution in [-0.2, 0) is 10.1 Å². The summed E-state index contributed by atoms with van der Waals surface area (Å²) in [4.78, 5) is 9.56. The maximum Gasteiger partial charge on any atom is 0.339 e. The van der Waals surface area contributed by atoms with E-state index in [-0.39, 0.29) is 35.7 Å². The van der Waals surface area contributed by atoms with Crippen molar-refractivity contribution >= 4 is 73.8 Å². The minimum absolute atomic E-state index is 0.159. The third-order valence-corrected chi connectivity index (χ3v) is 6.18. The quantitative estimate of drug-likeness (QED) is 0.198. The zero-order valence-electron chi connectivity index (χ0n) is 11.1. The highest BCUT2D eigenvalue weighted by Gasteiger charge is 2.26. The van der Waals surface area contributed by atoms with Crippen molar-refractivity contribution in [3.63, 3.8) is 0 Å². The van der Waals surface area contributed by atoms with E-state index >= 15 is 0 Å². The van der Waals surface area contributed by atoms with E-state index in [1.165, 1.54) is 0 Å². The summed E-state index contributed by atoms with van der Waals surface area (Å²) < 4.78 is 29.4. The summed E-state index contributed by atoms with van der Waals surface area (Å²) in [6.45, 7) is 0. The Labute approximate surface area is 161 Å². The molecule has 0 atom stereocenters. The Morgan fingerprint density at radius 1 is 0.833 bits per heavy atom. The van der Waals surface area contributed by atoms with Crippen LogP contribution in [0.4, 0.5) is 5.69 Å². The third-order valence-electron chi connectivity index (χ3n) is 2.70. The Bertz CT molecular complexity index is 901. The number of rotatable bonds is 4. The van der Waals surface area contributed by atoms with Crippen molar-refractivity contribution in [1.29, 1.82) is 0 Å². The first kappa shape index (κ1) is 19.4. The van der Waals surface area contributed by atoms with Gasteiger partial charge in [0.05, 0.1) is 20.0 Å². The Hall–Kier alpha value is -0.960. The first-order valence-electron chi connectivity index (χ1n) is 5.76. The first-order valence-corrected chi connectivity index (χ1v) is 9.06. The smallest absolute Gasteiger partial charge is 0.339 e. The molecule has 0 unspecified atom stereocenters. The summed E-state index contributed by atoms with van der Waals surface area (Å²) in [7, 11) is -4.40. The maximum atomic E-state index is 12.3. The van der Waals surface area contributed by atoms with Crippen molar-refractivity contribution < 1.29 is 17.5 Å². The highest BCUT2D eigenvalue weighted by atomic mass is 35.5. The molecule has 6 nitrogen and oxygen atoms in total. The van der Waals surface area contributed by atoms with Crippen LogP contribution in [0.5, 0.6) is 5.75 Å². The maximum absolute atomic E-state index is 12.3. The Kier molecular flexibility index (Phi) is 5.74. The molecule has 0 fully saturated rings. The van der Waals surface area contributed by atoms with E-state index in [1.54, 1.807) is 0 Å². The molecule has 0 aliphatic heterocycles. The molecule has 12 heteroatoms. The summed E-state index contributed by atoms with van der Waals surface area (Å²) >= 11 is 29.3. The van der Waals surface area contributed by atoms with Gasteiger partial charge in [-0.05, 0) is 12.1 Å². The summed E-state index contributed by atoms with van der Waals surface area (Å²) in [6, 6.07) is 3.99. The second kappa shape index (κ2) is 7.11. The largest absolute Gasteiger partial charge is 0.376 e. The van der Waals surface area contributed by atoms with E-state index in [4.69, 9.17) is 62.2 Å². The molecule has 0 saturated carbocycles. The first-order chi connectivity index (χ1) is 11.1. The van der Waals surface area contributed by atoms with Gasteiger partial charge in [-0.15, -0.1) is 0 Å². The second-order valence-corrected chi connectivity index (χ2v) is 7.62. The van der Waals surface area contributed by atoms with Crippen molar-refractivity contribution in [2.24, 2.45) is 0 Å². The standard InChI is InChI=1S/C12H4Cl5NO5S/c13-7-8(14)10(16)12(11(17)9(7)15)23-24(21,22)6-3-1-5(2-4-6)18(19)20/h1-4H. The van der Waals surface area contributed by atoms with Gasteiger partial charge in [0.2, 0.25) is 0 Å². The molecular formula is C12H4Cl5NO5S. The van der Waals surface area contributed by atoms with Gasteiger partial charge in [0.25, 0.3) is 5.69 Å². The van der Waals surface area contributed by atoms with E-state index in [1.807, 2.05) is 0 Å². The number of nitrogens with zero attached hydrogens (tertiary/aromatic N) is 1. The summed E-state index contributed by atoms with van der Waals surface area (Å²) in [5.41, 5.74) is -0.289. The summed E-state index contributed by atoms with van der Waals surface area (Å²) in [5, 5.41) is 9.28. The van der Waals surface area contributed by atoms with Crippen LogP contribution in [-0.4, -0.2) is 13.3 Å². The molecule has 0 aromatic heterocycles. The van der Waals surface area contributed by atoms with E-state index in [9.17, 15) is 18.5 Å². The van der Waals surface area contributed by atoms with Crippen LogP contribution in [0.2, 0.25) is 25.1 Å². The van der Waals surface area contributed by atoms with Crippen molar-refractivity contribution in [1.82, 2.24) is 0 Å². The SMILES string of the molecule is O=[N+]([O-])c1ccc(S(=O)(=O)Oc2c(Cl)c(Cl)c(Cl)c(Cl)c2Cl)cc1. The molecule has 0 radical (unpaired) electrons. The van der Waals surface area contributed by atoms with Gasteiger partial charge < -0.3 is 4.18 Å². The lowest BCUT2D eigenvalue weighted by atomic mass is 10.3. The van der Waals surface area contributed by atoms with E-state index < -0.39 is 20.8 Å². The number of nitro groups is 1. The monoisotopic (exact) mass is 449 g/mol. The molecule has 0 saturated heterocycles. The van der Waals surface area contributed by atoms with Gasteiger partial charge in [0, 0.05) is 12.1 Å². The van der Waals surface area contributed by atoms with Crippen LogP contribution in [0, 0.1) is 10.1 Å². The normalized spacial score (nSPS) is 11.4. The minimum atomic E-state index is -4.40. The Balaban J connectivity index is 2.49. The number of halogens is 5. The van der Waals surface area contributed by atoms with Crippen LogP contribution in [0.25, 0.3) is 0 Å². The van der Waals surface area contributed by atoms with E-state index in [0.29, 0.717) is 0 Å². The van der Waals surface area contributed by atoms with E-state index in [0.717, 1.165) is 24.3 Å². The number of hydrogen-bond donors (Lipinski definition) is 0. The number of nitro benzene ring substituents is 1. The lowest BCUT2D eigenvalue weighted by Crippen LogP contribution is -2.10. The van der Waals surface area contributed by atoms with Crippen LogP contribution >= 0.6 is 58.0 Å². The van der Waals surface area contributed by atoms with Gasteiger partial charge >= 0.3 is 10.1 Å². The van der Waals surface area contributed by atoms with Gasteiger partial charge in [-0.3, -0.25) is 10.1 Å². The molecule has 128 valence electrons. The Morgan fingerprint density at radius 3 is 1.67 bits per heavy atom. The predicted molar refractivity (Wildman–Crippen MR) is 92.4 cm³/mol. The van der Waals surface area contributed by atoms with Crippen molar-refractivity contribution in [2.45, 2.75) is 4.90 Å². The lowest BCUT2D eigenvalue weighted by molar-refractivity contribution is -0.384. The van der Waals surface area contributed by atoms with Gasteiger partial charge in [-0.1, -0.05) is 58.0 Å². The molecule has 0 aliphatic rings. The van der Waals surface area contributed by atoms with Crippen molar-refractivity contribution in [3.8, 4) is 5.75 Å². The molecule has 0 bridgehead atoms. The molecule has 24 heavy (non-hydrogen) atoms. The molecule has 0 spiro atoms. The average Bonchev–Trinajstić information content (AvgIpc) is 2.55. The fourth-order valence-corrected chi connectivity index (χ4v) is 3.79. The van der Waals surface area contributed by atoms with Crippen LogP contribution < -0.4 is 4.18 Å². The van der Waals surface area contributed by atoms with Gasteiger partial charge in [0.15, 0.2) is 5.75 Å². The summed E-state index contributed by atoms with van der Waals surface area (Å²) in [5.74, 6) is -0.504. The summed E-state index contributed by atoms with van der Waals surface area (Å²) in [6.07, 6.45) is 0. The molecule has 2 aromatic carbocycles. The second-order valence-electron chi connectivity index (χ2n) is 4.19. The highest BCUT2D eigenvalue weighted by Crippen LogP contribution is 2.48. The van der Waals surface area contributed by atoms with Gasteiger partial charge in [-0.2, -0.15) is 8.42 Å². The topological polar surface area (TPSA) is 86.5 Å². The predicted octanol–water partition coefficient (Wildman–Crippen LogP) is 5.63. The molecule has 0 amide bonds. The van der Waals surface area contributed by atoms with E-state index in [2.05, 4.69) is 0 Å². The number of benzene rings is 2. The molecular weight excluding hydrogens is 447 g/mol. The van der Waals surface area contributed by atoms with Crippen LogP contribution in [0.1, 0.15) is 0 Å². The zero-order chi connectivity index (χ0) is 18.2. The zero-order valence-corrected chi connectivity index (χ0v) is 15.7.